The molecule has 3 aromatic rings. The Kier molecular flexibility index (Phi) is 6.11. The van der Waals surface area contributed by atoms with Crippen LogP contribution in [0.2, 0.25) is 0 Å². The molecule has 1 aromatic heterocycles. The number of carbonyl (C=O) groups excluding carboxylic acids is 1. The molecule has 0 aliphatic rings. The van der Waals surface area contributed by atoms with Gasteiger partial charge in [-0.25, -0.2) is 4.98 Å². The molecule has 1 heterocycles. The molecule has 0 saturated carbocycles. The molecule has 0 radical (unpaired) electrons. The molecule has 3 rings (SSSR count). The molecule has 0 saturated heterocycles. The number of hydrogen-bond donors (Lipinski definition) is 1. The van der Waals surface area contributed by atoms with Crippen LogP contribution in [0.3, 0.4) is 0 Å². The standard InChI is InChI=1S/C23H24N4O3/c1-23(2,3)25-19-13-12-18(15-20(19)27(29)30)22(28)26(21-11-7-8-14-24-21)16-17-9-5-4-6-10-17/h4-15,25H,16H2,1-3H3. The van der Waals surface area contributed by atoms with Crippen LogP contribution in [0.15, 0.2) is 72.9 Å². The lowest BCUT2D eigenvalue weighted by Crippen LogP contribution is -2.31. The Bertz CT molecular complexity index is 1030. The van der Waals surface area contributed by atoms with Gasteiger partial charge in [0.1, 0.15) is 11.5 Å². The predicted octanol–water partition coefficient (Wildman–Crippen LogP) is 5.05. The van der Waals surface area contributed by atoms with E-state index in [1.807, 2.05) is 51.1 Å². The number of amides is 1. The number of aromatic nitrogens is 1. The zero-order valence-corrected chi connectivity index (χ0v) is 17.2. The van der Waals surface area contributed by atoms with E-state index < -0.39 is 4.92 Å². The average molecular weight is 404 g/mol. The Labute approximate surface area is 175 Å². The number of benzene rings is 2. The van der Waals surface area contributed by atoms with Crippen molar-refractivity contribution in [3.05, 3.63) is 94.2 Å². The predicted molar refractivity (Wildman–Crippen MR) is 118 cm³/mol. The molecule has 0 aliphatic heterocycles. The van der Waals surface area contributed by atoms with E-state index in [2.05, 4.69) is 10.3 Å². The van der Waals surface area contributed by atoms with Gasteiger partial charge in [0.25, 0.3) is 11.6 Å². The normalized spacial score (nSPS) is 11.0. The summed E-state index contributed by atoms with van der Waals surface area (Å²) in [5.74, 6) is 0.119. The second-order valence-corrected chi connectivity index (χ2v) is 7.93. The maximum Gasteiger partial charge on any atom is 0.293 e. The molecular weight excluding hydrogens is 380 g/mol. The summed E-state index contributed by atoms with van der Waals surface area (Å²) in [6.45, 7) is 6.04. The molecular formula is C23H24N4O3. The maximum absolute atomic E-state index is 13.4. The lowest BCUT2D eigenvalue weighted by Gasteiger charge is -2.24. The summed E-state index contributed by atoms with van der Waals surface area (Å²) < 4.78 is 0. The molecule has 7 heteroatoms. The summed E-state index contributed by atoms with van der Waals surface area (Å²) in [5, 5.41) is 14.8. The van der Waals surface area contributed by atoms with Gasteiger partial charge in [-0.1, -0.05) is 36.4 Å². The van der Waals surface area contributed by atoms with E-state index in [0.717, 1.165) is 5.56 Å². The van der Waals surface area contributed by atoms with Gasteiger partial charge in [0.15, 0.2) is 0 Å². The highest BCUT2D eigenvalue weighted by atomic mass is 16.6. The molecule has 1 amide bonds. The first-order valence-electron chi connectivity index (χ1n) is 9.58. The smallest absolute Gasteiger partial charge is 0.293 e. The third-order valence-electron chi connectivity index (χ3n) is 4.31. The van der Waals surface area contributed by atoms with Crippen LogP contribution in [-0.2, 0) is 6.54 Å². The Balaban J connectivity index is 1.99. The molecule has 154 valence electrons. The number of hydrogen-bond acceptors (Lipinski definition) is 5. The van der Waals surface area contributed by atoms with E-state index in [1.165, 1.54) is 11.0 Å². The highest BCUT2D eigenvalue weighted by Gasteiger charge is 2.24. The molecule has 1 N–H and O–H groups in total. The number of nitrogens with zero attached hydrogens (tertiary/aromatic N) is 3. The lowest BCUT2D eigenvalue weighted by atomic mass is 10.1. The first-order chi connectivity index (χ1) is 14.2. The molecule has 0 atom stereocenters. The molecule has 2 aromatic carbocycles. The van der Waals surface area contributed by atoms with E-state index >= 15 is 0 Å². The number of rotatable bonds is 6. The van der Waals surface area contributed by atoms with E-state index in [9.17, 15) is 14.9 Å². The van der Waals surface area contributed by atoms with Gasteiger partial charge in [0.05, 0.1) is 11.5 Å². The molecule has 0 unspecified atom stereocenters. The van der Waals surface area contributed by atoms with Crippen LogP contribution in [0, 0.1) is 10.1 Å². The highest BCUT2D eigenvalue weighted by Crippen LogP contribution is 2.29. The second kappa shape index (κ2) is 8.73. The van der Waals surface area contributed by atoms with Gasteiger partial charge in [0.2, 0.25) is 0 Å². The van der Waals surface area contributed by atoms with Crippen LogP contribution in [0.1, 0.15) is 36.7 Å². The molecule has 30 heavy (non-hydrogen) atoms. The van der Waals surface area contributed by atoms with Crippen LogP contribution in [0.25, 0.3) is 0 Å². The zero-order chi connectivity index (χ0) is 21.7. The summed E-state index contributed by atoms with van der Waals surface area (Å²) in [7, 11) is 0. The molecule has 0 spiro atoms. The van der Waals surface area contributed by atoms with Crippen LogP contribution >= 0.6 is 0 Å². The van der Waals surface area contributed by atoms with Gasteiger partial charge in [-0.2, -0.15) is 0 Å². The number of nitrogens with one attached hydrogen (secondary N) is 1. The second-order valence-electron chi connectivity index (χ2n) is 7.93. The number of anilines is 2. The van der Waals surface area contributed by atoms with Crippen molar-refractivity contribution in [2.45, 2.75) is 32.9 Å². The quantitative estimate of drug-likeness (QED) is 0.459. The third-order valence-corrected chi connectivity index (χ3v) is 4.31. The fraction of sp³-hybridized carbons (Fsp3) is 0.217. The van der Waals surface area contributed by atoms with Gasteiger partial charge < -0.3 is 5.32 Å². The van der Waals surface area contributed by atoms with Crippen molar-refractivity contribution < 1.29 is 9.72 Å². The van der Waals surface area contributed by atoms with Crippen LogP contribution in [0.5, 0.6) is 0 Å². The van der Waals surface area contributed by atoms with Crippen molar-refractivity contribution in [1.82, 2.24) is 4.98 Å². The Morgan fingerprint density at radius 1 is 1.07 bits per heavy atom. The van der Waals surface area contributed by atoms with Gasteiger partial charge in [-0.05, 0) is 50.6 Å². The van der Waals surface area contributed by atoms with Gasteiger partial charge in [0, 0.05) is 23.4 Å². The van der Waals surface area contributed by atoms with Gasteiger partial charge >= 0.3 is 0 Å². The number of nitro benzene ring substituents is 1. The molecule has 0 fully saturated rings. The summed E-state index contributed by atoms with van der Waals surface area (Å²) in [6, 6.07) is 19.3. The Morgan fingerprint density at radius 3 is 2.37 bits per heavy atom. The minimum absolute atomic E-state index is 0.142. The van der Waals surface area contributed by atoms with Gasteiger partial charge in [-0.3, -0.25) is 19.8 Å². The number of carbonyl (C=O) groups is 1. The Hall–Kier alpha value is -3.74. The lowest BCUT2D eigenvalue weighted by molar-refractivity contribution is -0.384. The highest BCUT2D eigenvalue weighted by molar-refractivity contribution is 6.06. The van der Waals surface area contributed by atoms with Crippen molar-refractivity contribution in [1.29, 1.82) is 0 Å². The van der Waals surface area contributed by atoms with Crippen molar-refractivity contribution in [2.75, 3.05) is 10.2 Å². The van der Waals surface area contributed by atoms with Crippen molar-refractivity contribution >= 4 is 23.1 Å². The van der Waals surface area contributed by atoms with Crippen molar-refractivity contribution in [2.24, 2.45) is 0 Å². The largest absolute Gasteiger partial charge is 0.375 e. The SMILES string of the molecule is CC(C)(C)Nc1ccc(C(=O)N(Cc2ccccc2)c2ccccn2)cc1[N+](=O)[O-]. The van der Waals surface area contributed by atoms with E-state index in [0.29, 0.717) is 18.1 Å². The number of pyridine rings is 1. The number of nitro groups is 1. The maximum atomic E-state index is 13.4. The fourth-order valence-electron chi connectivity index (χ4n) is 3.02. The van der Waals surface area contributed by atoms with Gasteiger partial charge in [-0.15, -0.1) is 0 Å². The molecule has 0 aliphatic carbocycles. The summed E-state index contributed by atoms with van der Waals surface area (Å²) in [5.41, 5.74) is 1.02. The van der Waals surface area contributed by atoms with Crippen LogP contribution in [-0.4, -0.2) is 21.4 Å². The van der Waals surface area contributed by atoms with Crippen molar-refractivity contribution in [3.63, 3.8) is 0 Å². The minimum atomic E-state index is -0.479. The molecule has 0 bridgehead atoms. The minimum Gasteiger partial charge on any atom is -0.375 e. The zero-order valence-electron chi connectivity index (χ0n) is 17.2. The van der Waals surface area contributed by atoms with Crippen LogP contribution < -0.4 is 10.2 Å². The van der Waals surface area contributed by atoms with Crippen LogP contribution in [0.4, 0.5) is 17.2 Å². The average Bonchev–Trinajstić information content (AvgIpc) is 2.72. The monoisotopic (exact) mass is 404 g/mol. The van der Waals surface area contributed by atoms with E-state index in [4.69, 9.17) is 0 Å². The fourth-order valence-corrected chi connectivity index (χ4v) is 3.02. The summed E-state index contributed by atoms with van der Waals surface area (Å²) >= 11 is 0. The summed E-state index contributed by atoms with van der Waals surface area (Å²) in [6.07, 6.45) is 1.61. The first kappa shape index (κ1) is 21.0. The van der Waals surface area contributed by atoms with E-state index in [-0.39, 0.29) is 22.7 Å². The molecule has 7 nitrogen and oxygen atoms in total. The topological polar surface area (TPSA) is 88.4 Å². The summed E-state index contributed by atoms with van der Waals surface area (Å²) in [4.78, 5) is 30.3. The Morgan fingerprint density at radius 2 is 1.77 bits per heavy atom. The van der Waals surface area contributed by atoms with E-state index in [1.54, 1.807) is 36.5 Å². The van der Waals surface area contributed by atoms with Crippen molar-refractivity contribution in [3.8, 4) is 0 Å². The third kappa shape index (κ3) is 5.20. The first-order valence-corrected chi connectivity index (χ1v) is 9.58.